The highest BCUT2D eigenvalue weighted by Gasteiger charge is 2.72. The Kier molecular flexibility index (Phi) is 1.77. The average molecular weight is 196 g/mol. The molecule has 2 aliphatic rings. The molecule has 0 bridgehead atoms. The Morgan fingerprint density at radius 2 is 2.07 bits per heavy atom. The third-order valence-electron chi connectivity index (χ3n) is 3.27. The SMILES string of the molecule is CC(=O)OC1C2C(=O)CCC(=O)C12C. The van der Waals surface area contributed by atoms with Crippen molar-refractivity contribution >= 4 is 17.5 Å². The van der Waals surface area contributed by atoms with Crippen LogP contribution in [0.1, 0.15) is 26.7 Å². The molecule has 0 heterocycles. The monoisotopic (exact) mass is 196 g/mol. The second-order valence-corrected chi connectivity index (χ2v) is 4.18. The summed E-state index contributed by atoms with van der Waals surface area (Å²) in [5.74, 6) is -0.689. The van der Waals surface area contributed by atoms with Crippen molar-refractivity contribution in [1.29, 1.82) is 0 Å². The van der Waals surface area contributed by atoms with Gasteiger partial charge in [-0.25, -0.2) is 0 Å². The van der Waals surface area contributed by atoms with Gasteiger partial charge < -0.3 is 4.74 Å². The summed E-state index contributed by atoms with van der Waals surface area (Å²) in [5, 5.41) is 0. The molecule has 2 saturated carbocycles. The zero-order valence-electron chi connectivity index (χ0n) is 8.20. The van der Waals surface area contributed by atoms with Crippen molar-refractivity contribution in [1.82, 2.24) is 0 Å². The van der Waals surface area contributed by atoms with E-state index in [0.29, 0.717) is 12.8 Å². The Morgan fingerprint density at radius 3 is 2.57 bits per heavy atom. The second-order valence-electron chi connectivity index (χ2n) is 4.18. The second kappa shape index (κ2) is 2.65. The molecule has 0 radical (unpaired) electrons. The molecule has 0 amide bonds. The van der Waals surface area contributed by atoms with E-state index in [1.54, 1.807) is 6.92 Å². The van der Waals surface area contributed by atoms with Gasteiger partial charge in [-0.05, 0) is 6.92 Å². The summed E-state index contributed by atoms with van der Waals surface area (Å²) < 4.78 is 4.97. The predicted octanol–water partition coefficient (Wildman–Crippen LogP) is 0.486. The topological polar surface area (TPSA) is 60.4 Å². The lowest BCUT2D eigenvalue weighted by Crippen LogP contribution is -2.25. The molecule has 0 saturated heterocycles. The maximum Gasteiger partial charge on any atom is 0.302 e. The van der Waals surface area contributed by atoms with Crippen LogP contribution in [0.25, 0.3) is 0 Å². The minimum absolute atomic E-state index is 0.0494. The van der Waals surface area contributed by atoms with Crippen molar-refractivity contribution < 1.29 is 19.1 Å². The first kappa shape index (κ1) is 9.37. The molecular formula is C10H12O4. The quantitative estimate of drug-likeness (QED) is 0.572. The van der Waals surface area contributed by atoms with Crippen LogP contribution in [0.4, 0.5) is 0 Å². The maximum absolute atomic E-state index is 11.6. The molecule has 0 aromatic rings. The Labute approximate surface area is 81.6 Å². The highest BCUT2D eigenvalue weighted by Crippen LogP contribution is 2.59. The summed E-state index contributed by atoms with van der Waals surface area (Å²) >= 11 is 0. The minimum atomic E-state index is -0.707. The standard InChI is InChI=1S/C10H12O4/c1-5(11)14-9-8-6(12)3-4-7(13)10(8,9)2/h8-9H,3-4H2,1-2H3. The third-order valence-corrected chi connectivity index (χ3v) is 3.27. The first-order valence-electron chi connectivity index (χ1n) is 4.71. The molecule has 2 aliphatic carbocycles. The number of rotatable bonds is 1. The van der Waals surface area contributed by atoms with Crippen molar-refractivity contribution in [3.8, 4) is 0 Å². The number of esters is 1. The van der Waals surface area contributed by atoms with Crippen LogP contribution in [0.15, 0.2) is 0 Å². The Morgan fingerprint density at radius 1 is 1.43 bits per heavy atom. The van der Waals surface area contributed by atoms with Crippen LogP contribution in [-0.2, 0) is 19.1 Å². The van der Waals surface area contributed by atoms with Crippen LogP contribution in [-0.4, -0.2) is 23.6 Å². The van der Waals surface area contributed by atoms with Gasteiger partial charge in [0.25, 0.3) is 0 Å². The van der Waals surface area contributed by atoms with Gasteiger partial charge in [0.1, 0.15) is 17.7 Å². The average Bonchev–Trinajstić information content (AvgIpc) is 2.67. The fourth-order valence-electron chi connectivity index (χ4n) is 2.34. The number of hydrogen-bond acceptors (Lipinski definition) is 4. The minimum Gasteiger partial charge on any atom is -0.461 e. The molecule has 2 fully saturated rings. The molecule has 4 heteroatoms. The Hall–Kier alpha value is -1.19. The van der Waals surface area contributed by atoms with Crippen LogP contribution in [0.2, 0.25) is 0 Å². The summed E-state index contributed by atoms with van der Waals surface area (Å²) in [6.07, 6.45) is 0.1000. The van der Waals surface area contributed by atoms with Crippen molar-refractivity contribution in [2.45, 2.75) is 32.8 Å². The number of carbonyl (C=O) groups excluding carboxylic acids is 3. The van der Waals surface area contributed by atoms with Crippen LogP contribution < -0.4 is 0 Å². The summed E-state index contributed by atoms with van der Waals surface area (Å²) in [4.78, 5) is 33.7. The number of fused-ring (bicyclic) bond motifs is 1. The van der Waals surface area contributed by atoms with Gasteiger partial charge in [-0.2, -0.15) is 0 Å². The molecule has 0 N–H and O–H groups in total. The molecule has 0 aliphatic heterocycles. The Balaban J connectivity index is 2.20. The predicted molar refractivity (Wildman–Crippen MR) is 46.4 cm³/mol. The fraction of sp³-hybridized carbons (Fsp3) is 0.700. The zero-order chi connectivity index (χ0) is 10.5. The first-order chi connectivity index (χ1) is 6.48. The van der Waals surface area contributed by atoms with Gasteiger partial charge in [0.2, 0.25) is 0 Å². The van der Waals surface area contributed by atoms with E-state index in [0.717, 1.165) is 0 Å². The molecule has 4 nitrogen and oxygen atoms in total. The van der Waals surface area contributed by atoms with E-state index < -0.39 is 17.5 Å². The maximum atomic E-state index is 11.6. The van der Waals surface area contributed by atoms with Crippen molar-refractivity contribution in [3.05, 3.63) is 0 Å². The van der Waals surface area contributed by atoms with Crippen molar-refractivity contribution in [3.63, 3.8) is 0 Å². The smallest absolute Gasteiger partial charge is 0.302 e. The molecule has 0 aromatic heterocycles. The van der Waals surface area contributed by atoms with E-state index in [-0.39, 0.29) is 17.5 Å². The molecule has 14 heavy (non-hydrogen) atoms. The largest absolute Gasteiger partial charge is 0.461 e. The van der Waals surface area contributed by atoms with E-state index in [1.165, 1.54) is 6.92 Å². The normalized spacial score (nSPS) is 40.4. The van der Waals surface area contributed by atoms with E-state index in [2.05, 4.69) is 0 Å². The van der Waals surface area contributed by atoms with E-state index in [4.69, 9.17) is 4.74 Å². The van der Waals surface area contributed by atoms with Crippen molar-refractivity contribution in [2.75, 3.05) is 0 Å². The van der Waals surface area contributed by atoms with Gasteiger partial charge in [0, 0.05) is 19.8 Å². The van der Waals surface area contributed by atoms with Gasteiger partial charge in [-0.1, -0.05) is 0 Å². The summed E-state index contributed by atoms with van der Waals surface area (Å²) in [6, 6.07) is 0. The number of ketones is 2. The van der Waals surface area contributed by atoms with Crippen LogP contribution in [0.3, 0.4) is 0 Å². The zero-order valence-corrected chi connectivity index (χ0v) is 8.20. The summed E-state index contributed by atoms with van der Waals surface area (Å²) in [7, 11) is 0. The highest BCUT2D eigenvalue weighted by atomic mass is 16.6. The van der Waals surface area contributed by atoms with Gasteiger partial charge in [0.15, 0.2) is 0 Å². The number of Topliss-reactive ketones (excluding diaryl/α,β-unsaturated/α-hetero) is 2. The first-order valence-corrected chi connectivity index (χ1v) is 4.71. The fourth-order valence-corrected chi connectivity index (χ4v) is 2.34. The number of carbonyl (C=O) groups is 3. The summed E-state index contributed by atoms with van der Waals surface area (Å²) in [6.45, 7) is 3.01. The van der Waals surface area contributed by atoms with E-state index in [9.17, 15) is 14.4 Å². The van der Waals surface area contributed by atoms with Gasteiger partial charge in [-0.15, -0.1) is 0 Å². The van der Waals surface area contributed by atoms with Crippen LogP contribution >= 0.6 is 0 Å². The van der Waals surface area contributed by atoms with Crippen LogP contribution in [0.5, 0.6) is 0 Å². The van der Waals surface area contributed by atoms with Gasteiger partial charge in [0.05, 0.1) is 11.3 Å². The summed E-state index contributed by atoms with van der Waals surface area (Å²) in [5.41, 5.74) is -0.707. The van der Waals surface area contributed by atoms with Gasteiger partial charge in [-0.3, -0.25) is 14.4 Å². The number of ether oxygens (including phenoxy) is 1. The van der Waals surface area contributed by atoms with Gasteiger partial charge >= 0.3 is 5.97 Å². The number of hydrogen-bond donors (Lipinski definition) is 0. The molecule has 3 atom stereocenters. The molecule has 3 unspecified atom stereocenters. The lowest BCUT2D eigenvalue weighted by molar-refractivity contribution is -0.144. The van der Waals surface area contributed by atoms with Crippen molar-refractivity contribution in [2.24, 2.45) is 11.3 Å². The highest BCUT2D eigenvalue weighted by molar-refractivity contribution is 6.05. The van der Waals surface area contributed by atoms with Crippen LogP contribution in [0, 0.1) is 11.3 Å². The van der Waals surface area contributed by atoms with E-state index >= 15 is 0 Å². The molecular weight excluding hydrogens is 184 g/mol. The third kappa shape index (κ3) is 1.03. The lowest BCUT2D eigenvalue weighted by atomic mass is 9.88. The Bertz CT molecular complexity index is 333. The lowest BCUT2D eigenvalue weighted by Gasteiger charge is -2.13. The molecule has 0 aromatic carbocycles. The molecule has 76 valence electrons. The molecule has 2 rings (SSSR count). The molecule has 0 spiro atoms. The van der Waals surface area contributed by atoms with E-state index in [1.807, 2.05) is 0 Å².